The number of sulfonamides is 1. The molecule has 0 saturated heterocycles. The molecular weight excluding hydrogens is 482 g/mol. The van der Waals surface area contributed by atoms with Crippen molar-refractivity contribution in [3.63, 3.8) is 0 Å². The van der Waals surface area contributed by atoms with Crippen LogP contribution < -0.4 is 10.0 Å². The average Bonchev–Trinajstić information content (AvgIpc) is 3.38. The minimum atomic E-state index is -3.75. The summed E-state index contributed by atoms with van der Waals surface area (Å²) in [5, 5.41) is 6.94. The first-order valence-corrected chi connectivity index (χ1v) is 12.1. The molecule has 10 heteroatoms. The second kappa shape index (κ2) is 8.89. The quantitative estimate of drug-likeness (QED) is 0.513. The number of amides is 1. The smallest absolute Gasteiger partial charge is 0.243 e. The van der Waals surface area contributed by atoms with Gasteiger partial charge in [0, 0.05) is 48.5 Å². The molecule has 0 fully saturated rings. The number of nitrogens with one attached hydrogen (secondary N) is 2. The van der Waals surface area contributed by atoms with Gasteiger partial charge in [-0.05, 0) is 39.5 Å². The van der Waals surface area contributed by atoms with Gasteiger partial charge in [0.1, 0.15) is 4.90 Å². The van der Waals surface area contributed by atoms with E-state index in [-0.39, 0.29) is 23.3 Å². The predicted molar refractivity (Wildman–Crippen MR) is 119 cm³/mol. The van der Waals surface area contributed by atoms with Gasteiger partial charge in [0.05, 0.1) is 12.2 Å². The van der Waals surface area contributed by atoms with Crippen molar-refractivity contribution in [1.82, 2.24) is 24.8 Å². The lowest BCUT2D eigenvalue weighted by Crippen LogP contribution is -2.40. The number of pyridine rings is 1. The van der Waals surface area contributed by atoms with Crippen LogP contribution in [0.5, 0.6) is 0 Å². The molecule has 0 spiro atoms. The van der Waals surface area contributed by atoms with Crippen LogP contribution in [0.1, 0.15) is 22.9 Å². The molecule has 162 valence electrons. The number of carbonyl (C=O) groups is 1. The van der Waals surface area contributed by atoms with Crippen LogP contribution in [0.25, 0.3) is 0 Å². The fraction of sp³-hybridized carbons (Fsp3) is 0.286. The molecule has 1 aromatic carbocycles. The van der Waals surface area contributed by atoms with Crippen molar-refractivity contribution >= 4 is 31.9 Å². The molecular formula is C21H22BrN5O3S. The lowest BCUT2D eigenvalue weighted by molar-refractivity contribution is -0.125. The third kappa shape index (κ3) is 5.03. The molecule has 0 aliphatic heterocycles. The van der Waals surface area contributed by atoms with Gasteiger partial charge in [0.15, 0.2) is 0 Å². The molecule has 8 nitrogen and oxygen atoms in total. The Balaban J connectivity index is 1.48. The summed E-state index contributed by atoms with van der Waals surface area (Å²) in [6.07, 6.45) is 5.63. The lowest BCUT2D eigenvalue weighted by atomic mass is 10.0. The maximum atomic E-state index is 13.0. The first-order valence-electron chi connectivity index (χ1n) is 9.79. The first-order chi connectivity index (χ1) is 14.8. The van der Waals surface area contributed by atoms with Crippen LogP contribution in [0.3, 0.4) is 0 Å². The minimum Gasteiger partial charge on any atom is -0.348 e. The third-order valence-electron chi connectivity index (χ3n) is 5.29. The predicted octanol–water partition coefficient (Wildman–Crippen LogP) is 2.13. The van der Waals surface area contributed by atoms with Crippen LogP contribution in [0, 0.1) is 5.92 Å². The number of aromatic nitrogens is 3. The number of carbonyl (C=O) groups excluding carboxylic acids is 1. The van der Waals surface area contributed by atoms with Crippen molar-refractivity contribution in [3.8, 4) is 0 Å². The zero-order valence-electron chi connectivity index (χ0n) is 16.8. The van der Waals surface area contributed by atoms with E-state index < -0.39 is 16.1 Å². The number of hydrogen-bond donors (Lipinski definition) is 2. The van der Waals surface area contributed by atoms with Crippen molar-refractivity contribution in [2.75, 3.05) is 6.54 Å². The lowest BCUT2D eigenvalue weighted by Gasteiger charge is -2.21. The van der Waals surface area contributed by atoms with E-state index in [9.17, 15) is 13.2 Å². The monoisotopic (exact) mass is 503 g/mol. The Morgan fingerprint density at radius 2 is 2.03 bits per heavy atom. The van der Waals surface area contributed by atoms with Crippen LogP contribution in [0.15, 0.2) is 64.4 Å². The van der Waals surface area contributed by atoms with Crippen molar-refractivity contribution in [1.29, 1.82) is 0 Å². The van der Waals surface area contributed by atoms with Gasteiger partial charge in [-0.1, -0.05) is 30.3 Å². The van der Waals surface area contributed by atoms with Crippen LogP contribution in [0.4, 0.5) is 0 Å². The number of aryl methyl sites for hydroxylation is 1. The van der Waals surface area contributed by atoms with E-state index in [0.717, 1.165) is 21.3 Å². The number of nitrogens with zero attached hydrogens (tertiary/aromatic N) is 3. The summed E-state index contributed by atoms with van der Waals surface area (Å²) in [5.41, 5.74) is 2.81. The highest BCUT2D eigenvalue weighted by Gasteiger charge is 2.30. The van der Waals surface area contributed by atoms with Gasteiger partial charge in [0.25, 0.3) is 0 Å². The molecule has 2 unspecified atom stereocenters. The zero-order valence-corrected chi connectivity index (χ0v) is 19.2. The van der Waals surface area contributed by atoms with E-state index in [1.807, 2.05) is 36.4 Å². The molecule has 0 bridgehead atoms. The molecule has 1 amide bonds. The summed E-state index contributed by atoms with van der Waals surface area (Å²) >= 11 is 3.42. The summed E-state index contributed by atoms with van der Waals surface area (Å²) in [6.45, 7) is 0.0243. The Labute approximate surface area is 189 Å². The maximum Gasteiger partial charge on any atom is 0.243 e. The summed E-state index contributed by atoms with van der Waals surface area (Å²) in [5.74, 6) is -0.360. The van der Waals surface area contributed by atoms with E-state index in [4.69, 9.17) is 0 Å². The van der Waals surface area contributed by atoms with Crippen molar-refractivity contribution < 1.29 is 13.2 Å². The van der Waals surface area contributed by atoms with Crippen molar-refractivity contribution in [2.45, 2.75) is 23.8 Å². The van der Waals surface area contributed by atoms with E-state index >= 15 is 0 Å². The highest BCUT2D eigenvalue weighted by atomic mass is 79.9. The van der Waals surface area contributed by atoms with E-state index in [1.165, 1.54) is 17.1 Å². The van der Waals surface area contributed by atoms with Crippen molar-refractivity contribution in [3.05, 3.63) is 76.3 Å². The third-order valence-corrected chi connectivity index (χ3v) is 7.10. The van der Waals surface area contributed by atoms with Gasteiger partial charge in [0.2, 0.25) is 15.9 Å². The number of fused-ring (bicyclic) bond motifs is 1. The number of rotatable bonds is 7. The molecule has 2 N–H and O–H groups in total. The molecule has 0 saturated carbocycles. The van der Waals surface area contributed by atoms with Crippen LogP contribution >= 0.6 is 15.9 Å². The molecule has 2 atom stereocenters. The Hall–Kier alpha value is -2.56. The highest BCUT2D eigenvalue weighted by Crippen LogP contribution is 2.28. The summed E-state index contributed by atoms with van der Waals surface area (Å²) in [6, 6.07) is 10.8. The van der Waals surface area contributed by atoms with Gasteiger partial charge in [-0.25, -0.2) is 13.1 Å². The molecule has 31 heavy (non-hydrogen) atoms. The molecule has 2 aromatic heterocycles. The first kappa shape index (κ1) is 21.7. The Bertz CT molecular complexity index is 1200. The van der Waals surface area contributed by atoms with Crippen LogP contribution in [-0.2, 0) is 34.7 Å². The topological polar surface area (TPSA) is 106 Å². The Morgan fingerprint density at radius 1 is 1.26 bits per heavy atom. The summed E-state index contributed by atoms with van der Waals surface area (Å²) < 4.78 is 30.1. The van der Waals surface area contributed by atoms with E-state index in [0.29, 0.717) is 12.8 Å². The van der Waals surface area contributed by atoms with E-state index in [2.05, 4.69) is 36.1 Å². The normalized spacial score (nSPS) is 16.6. The molecule has 4 rings (SSSR count). The van der Waals surface area contributed by atoms with Crippen LogP contribution in [0.2, 0.25) is 0 Å². The Kier molecular flexibility index (Phi) is 6.22. The molecule has 1 aliphatic carbocycles. The van der Waals surface area contributed by atoms with Crippen molar-refractivity contribution in [2.24, 2.45) is 13.0 Å². The molecule has 1 aliphatic rings. The number of halogens is 1. The van der Waals surface area contributed by atoms with E-state index in [1.54, 1.807) is 13.2 Å². The largest absolute Gasteiger partial charge is 0.348 e. The number of benzene rings is 1. The summed E-state index contributed by atoms with van der Waals surface area (Å²) in [7, 11) is -2.09. The van der Waals surface area contributed by atoms with Gasteiger partial charge < -0.3 is 5.32 Å². The SMILES string of the molecule is Cn1cc(S(=O)(=O)NCC(NC(=O)C2Cc3cc(Br)cnc3C2)c2ccccc2)cn1. The van der Waals surface area contributed by atoms with Gasteiger partial charge in [-0.3, -0.25) is 14.5 Å². The maximum absolute atomic E-state index is 13.0. The average molecular weight is 504 g/mol. The highest BCUT2D eigenvalue weighted by molar-refractivity contribution is 9.10. The zero-order chi connectivity index (χ0) is 22.0. The summed E-state index contributed by atoms with van der Waals surface area (Å²) in [4.78, 5) is 17.5. The minimum absolute atomic E-state index is 0.0243. The van der Waals surface area contributed by atoms with Gasteiger partial charge in [-0.15, -0.1) is 0 Å². The standard InChI is InChI=1S/C21H22BrN5O3S/c1-27-13-18(11-24-27)31(29,30)25-12-20(14-5-3-2-4-6-14)26-21(28)16-7-15-8-17(22)10-23-19(15)9-16/h2-6,8,10-11,13,16,20,25H,7,9,12H2,1H3,(H,26,28). The second-order valence-corrected chi connectivity index (χ2v) is 10.2. The fourth-order valence-electron chi connectivity index (χ4n) is 3.67. The fourth-order valence-corrected chi connectivity index (χ4v) is 5.08. The van der Waals surface area contributed by atoms with Gasteiger partial charge >= 0.3 is 0 Å². The molecule has 3 aromatic rings. The molecule has 2 heterocycles. The molecule has 0 radical (unpaired) electrons. The van der Waals surface area contributed by atoms with Gasteiger partial charge in [-0.2, -0.15) is 5.10 Å². The Morgan fingerprint density at radius 3 is 2.74 bits per heavy atom. The van der Waals surface area contributed by atoms with Crippen LogP contribution in [-0.4, -0.2) is 35.6 Å². The second-order valence-electron chi connectivity index (χ2n) is 7.54. The number of hydrogen-bond acceptors (Lipinski definition) is 5.